The average molecular weight is 396 g/mol. The predicted octanol–water partition coefficient (Wildman–Crippen LogP) is 2.72. The van der Waals surface area contributed by atoms with Crippen LogP contribution in [0.5, 0.6) is 0 Å². The van der Waals surface area contributed by atoms with E-state index in [0.29, 0.717) is 0 Å². The van der Waals surface area contributed by atoms with Crippen molar-refractivity contribution in [2.24, 2.45) is 28.6 Å². The highest BCUT2D eigenvalue weighted by Gasteiger charge is 2.76. The van der Waals surface area contributed by atoms with Crippen molar-refractivity contribution in [3.05, 3.63) is 23.6 Å². The third-order valence-electron chi connectivity index (χ3n) is 8.57. The molecule has 4 aliphatic carbocycles. The SMILES string of the molecule is C[C@@H]1C[C@H]2[C@@H]3CC(F)=C4CC(=O)C=C[C@]4(C)[C@@]3(F)[C@@H](O)C[C@]2(C)[C@@]1(O)C(=O)O. The van der Waals surface area contributed by atoms with Gasteiger partial charge in [-0.25, -0.2) is 13.6 Å². The van der Waals surface area contributed by atoms with Gasteiger partial charge in [-0.05, 0) is 43.3 Å². The molecule has 0 aromatic carbocycles. The zero-order valence-electron chi connectivity index (χ0n) is 16.2. The Morgan fingerprint density at radius 1 is 1.29 bits per heavy atom. The lowest BCUT2D eigenvalue weighted by Crippen LogP contribution is -2.69. The number of allylic oxidation sites excluding steroid dienone is 4. The number of carbonyl (C=O) groups is 2. The minimum Gasteiger partial charge on any atom is -0.479 e. The number of carbonyl (C=O) groups excluding carboxylic acids is 1. The van der Waals surface area contributed by atoms with Crippen molar-refractivity contribution in [3.8, 4) is 0 Å². The molecule has 0 saturated heterocycles. The van der Waals surface area contributed by atoms with Gasteiger partial charge in [-0.3, -0.25) is 4.79 Å². The number of aliphatic carboxylic acids is 1. The van der Waals surface area contributed by atoms with E-state index >= 15 is 8.78 Å². The Morgan fingerprint density at radius 3 is 2.54 bits per heavy atom. The lowest BCUT2D eigenvalue weighted by Gasteiger charge is -2.61. The molecule has 154 valence electrons. The summed E-state index contributed by atoms with van der Waals surface area (Å²) in [6, 6.07) is 0. The predicted molar refractivity (Wildman–Crippen MR) is 95.5 cm³/mol. The van der Waals surface area contributed by atoms with E-state index < -0.39 is 57.8 Å². The Bertz CT molecular complexity index is 837. The Kier molecular flexibility index (Phi) is 3.88. The maximum absolute atomic E-state index is 16.8. The van der Waals surface area contributed by atoms with Crippen molar-refractivity contribution in [2.75, 3.05) is 0 Å². The Balaban J connectivity index is 1.91. The molecule has 8 atom stereocenters. The van der Waals surface area contributed by atoms with Gasteiger partial charge in [0.2, 0.25) is 0 Å². The van der Waals surface area contributed by atoms with E-state index in [4.69, 9.17) is 0 Å². The van der Waals surface area contributed by atoms with Gasteiger partial charge >= 0.3 is 5.97 Å². The third kappa shape index (κ3) is 1.92. The number of hydrogen-bond acceptors (Lipinski definition) is 4. The summed E-state index contributed by atoms with van der Waals surface area (Å²) in [4.78, 5) is 23.8. The van der Waals surface area contributed by atoms with Crippen LogP contribution in [0.25, 0.3) is 0 Å². The summed E-state index contributed by atoms with van der Waals surface area (Å²) in [5.74, 6) is -4.55. The van der Waals surface area contributed by atoms with Crippen LogP contribution in [0.2, 0.25) is 0 Å². The molecule has 2 saturated carbocycles. The van der Waals surface area contributed by atoms with E-state index in [-0.39, 0.29) is 37.0 Å². The normalized spacial score (nSPS) is 52.9. The molecule has 0 aromatic heterocycles. The van der Waals surface area contributed by atoms with E-state index in [0.717, 1.165) is 0 Å². The van der Waals surface area contributed by atoms with Gasteiger partial charge < -0.3 is 15.3 Å². The first-order valence-corrected chi connectivity index (χ1v) is 9.76. The quantitative estimate of drug-likeness (QED) is 0.634. The lowest BCUT2D eigenvalue weighted by molar-refractivity contribution is -0.223. The molecule has 4 rings (SSSR count). The van der Waals surface area contributed by atoms with Gasteiger partial charge in [-0.2, -0.15) is 0 Å². The van der Waals surface area contributed by atoms with Gasteiger partial charge in [0, 0.05) is 29.6 Å². The van der Waals surface area contributed by atoms with Crippen LogP contribution in [-0.2, 0) is 9.59 Å². The monoisotopic (exact) mass is 396 g/mol. The van der Waals surface area contributed by atoms with Gasteiger partial charge in [-0.15, -0.1) is 0 Å². The number of rotatable bonds is 1. The number of carboxylic acids is 1. The molecule has 7 heteroatoms. The van der Waals surface area contributed by atoms with Crippen LogP contribution < -0.4 is 0 Å². The summed E-state index contributed by atoms with van der Waals surface area (Å²) < 4.78 is 31.9. The number of hydrogen-bond donors (Lipinski definition) is 3. The first-order valence-electron chi connectivity index (χ1n) is 9.76. The van der Waals surface area contributed by atoms with Crippen LogP contribution in [-0.4, -0.2) is 44.4 Å². The fourth-order valence-electron chi connectivity index (χ4n) is 6.97. The van der Waals surface area contributed by atoms with Crippen LogP contribution in [0.4, 0.5) is 8.78 Å². The average Bonchev–Trinajstić information content (AvgIpc) is 2.81. The van der Waals surface area contributed by atoms with E-state index in [1.54, 1.807) is 13.8 Å². The van der Waals surface area contributed by atoms with Crippen LogP contribution in [0.1, 0.15) is 46.5 Å². The minimum absolute atomic E-state index is 0.0703. The molecular formula is C21H26F2O5. The zero-order chi connectivity index (χ0) is 20.9. The molecule has 0 spiro atoms. The molecule has 0 aromatic rings. The van der Waals surface area contributed by atoms with Crippen molar-refractivity contribution >= 4 is 11.8 Å². The summed E-state index contributed by atoms with van der Waals surface area (Å²) in [5, 5.41) is 31.8. The largest absolute Gasteiger partial charge is 0.479 e. The number of ketones is 1. The Hall–Kier alpha value is -1.60. The van der Waals surface area contributed by atoms with Crippen molar-refractivity contribution in [3.63, 3.8) is 0 Å². The number of aliphatic hydroxyl groups is 2. The molecule has 0 unspecified atom stereocenters. The standard InChI is InChI=1S/C21H26F2O5/c1-10-6-12-13-8-15(22)14-7-11(24)4-5-18(14,2)20(13,23)16(25)9-19(12,3)21(10,28)17(26)27/h4-5,10,12-13,16,25,28H,6-9H2,1-3H3,(H,26,27)/t10-,12+,13+,16+,18+,19+,20+,21+/m1/s1. The number of fused-ring (bicyclic) bond motifs is 5. The molecule has 0 bridgehead atoms. The number of carboxylic acid groups (broad SMARTS) is 1. The second kappa shape index (κ2) is 5.51. The van der Waals surface area contributed by atoms with E-state index in [9.17, 15) is 24.9 Å². The second-order valence-electron chi connectivity index (χ2n) is 9.59. The third-order valence-corrected chi connectivity index (χ3v) is 8.57. The molecule has 0 heterocycles. The smallest absolute Gasteiger partial charge is 0.336 e. The van der Waals surface area contributed by atoms with Gasteiger partial charge in [0.1, 0.15) is 5.83 Å². The van der Waals surface area contributed by atoms with Crippen molar-refractivity contribution in [1.29, 1.82) is 0 Å². The first kappa shape index (κ1) is 19.7. The van der Waals surface area contributed by atoms with Crippen LogP contribution >= 0.6 is 0 Å². The van der Waals surface area contributed by atoms with Crippen LogP contribution in [0, 0.1) is 28.6 Å². The molecule has 2 fully saturated rings. The van der Waals surface area contributed by atoms with Gasteiger partial charge in [0.05, 0.1) is 6.10 Å². The van der Waals surface area contributed by atoms with E-state index in [2.05, 4.69) is 0 Å². The molecular weight excluding hydrogens is 370 g/mol. The lowest BCUT2D eigenvalue weighted by atomic mass is 9.45. The molecule has 3 N–H and O–H groups in total. The van der Waals surface area contributed by atoms with Crippen molar-refractivity contribution < 1.29 is 33.7 Å². The van der Waals surface area contributed by atoms with E-state index in [1.165, 1.54) is 19.1 Å². The molecule has 4 aliphatic rings. The minimum atomic E-state index is -2.25. The number of aliphatic hydroxyl groups excluding tert-OH is 1. The maximum atomic E-state index is 16.8. The first-order chi connectivity index (χ1) is 12.8. The summed E-state index contributed by atoms with van der Waals surface area (Å²) >= 11 is 0. The molecule has 0 amide bonds. The summed E-state index contributed by atoms with van der Waals surface area (Å²) in [6.45, 7) is 4.67. The number of halogens is 2. The van der Waals surface area contributed by atoms with Gasteiger partial charge in [-0.1, -0.05) is 19.9 Å². The Labute approximate surface area is 162 Å². The number of alkyl halides is 1. The van der Waals surface area contributed by atoms with Crippen molar-refractivity contribution in [1.82, 2.24) is 0 Å². The molecule has 5 nitrogen and oxygen atoms in total. The zero-order valence-corrected chi connectivity index (χ0v) is 16.2. The Morgan fingerprint density at radius 2 is 1.93 bits per heavy atom. The van der Waals surface area contributed by atoms with Gasteiger partial charge in [0.15, 0.2) is 17.1 Å². The highest BCUT2D eigenvalue weighted by molar-refractivity contribution is 5.93. The highest BCUT2D eigenvalue weighted by Crippen LogP contribution is 2.70. The second-order valence-corrected chi connectivity index (χ2v) is 9.59. The highest BCUT2D eigenvalue weighted by atomic mass is 19.1. The van der Waals surface area contributed by atoms with Crippen molar-refractivity contribution in [2.45, 2.75) is 63.8 Å². The van der Waals surface area contributed by atoms with Crippen LogP contribution in [0.15, 0.2) is 23.6 Å². The maximum Gasteiger partial charge on any atom is 0.336 e. The summed E-state index contributed by atoms with van der Waals surface area (Å²) in [6.07, 6.45) is 0.456. The fraction of sp³-hybridized carbons (Fsp3) is 0.714. The molecule has 28 heavy (non-hydrogen) atoms. The molecule has 0 radical (unpaired) electrons. The van der Waals surface area contributed by atoms with E-state index in [1.807, 2.05) is 0 Å². The summed E-state index contributed by atoms with van der Waals surface area (Å²) in [5.41, 5.74) is -7.08. The molecule has 0 aliphatic heterocycles. The fourth-order valence-corrected chi connectivity index (χ4v) is 6.97. The van der Waals surface area contributed by atoms with Gasteiger partial charge in [0.25, 0.3) is 0 Å². The summed E-state index contributed by atoms with van der Waals surface area (Å²) in [7, 11) is 0. The topological polar surface area (TPSA) is 94.8 Å². The van der Waals surface area contributed by atoms with Crippen LogP contribution in [0.3, 0.4) is 0 Å².